The molecule has 0 unspecified atom stereocenters. The molecule has 1 aliphatic rings. The first-order valence-corrected chi connectivity index (χ1v) is 6.03. The van der Waals surface area contributed by atoms with Crippen molar-refractivity contribution in [2.75, 3.05) is 6.61 Å². The van der Waals surface area contributed by atoms with Crippen LogP contribution in [0.25, 0.3) is 0 Å². The van der Waals surface area contributed by atoms with E-state index in [4.69, 9.17) is 22.2 Å². The molecule has 0 N–H and O–H groups in total. The molecule has 1 rings (SSSR count). The van der Waals surface area contributed by atoms with Crippen LogP contribution in [0.2, 0.25) is 0 Å². The lowest BCUT2D eigenvalue weighted by molar-refractivity contribution is 0.169. The Morgan fingerprint density at radius 1 is 1.69 bits per heavy atom. The Balaban J connectivity index is 2.83. The molecule has 0 aromatic carbocycles. The van der Waals surface area contributed by atoms with Gasteiger partial charge < -0.3 is 4.74 Å². The number of carbonyl (C=O) groups is 1. The molecule has 0 aromatic rings. The first-order chi connectivity index (χ1) is 7.19. The number of rotatable bonds is 1. The summed E-state index contributed by atoms with van der Waals surface area (Å²) in [6.45, 7) is 7.60. The summed E-state index contributed by atoms with van der Waals surface area (Å²) in [5, 5.41) is 8.92. The van der Waals surface area contributed by atoms with Gasteiger partial charge in [-0.05, 0) is 27.7 Å². The molecule has 0 radical (unpaired) electrons. The maximum atomic E-state index is 11.5. The third-order valence-electron chi connectivity index (χ3n) is 2.13. The minimum absolute atomic E-state index is 0.319. The molecule has 16 heavy (non-hydrogen) atoms. The van der Waals surface area contributed by atoms with Gasteiger partial charge in [0, 0.05) is 0 Å². The van der Waals surface area contributed by atoms with Crippen LogP contribution in [0.3, 0.4) is 0 Å². The van der Waals surface area contributed by atoms with Gasteiger partial charge in [-0.15, -0.1) is 0 Å². The monoisotopic (exact) mass is 258 g/mol. The predicted octanol–water partition coefficient (Wildman–Crippen LogP) is 2.54. The second-order valence-corrected chi connectivity index (χ2v) is 6.95. The summed E-state index contributed by atoms with van der Waals surface area (Å²) < 4.78 is 4.70. The maximum Gasteiger partial charge on any atom is 0.416 e. The second kappa shape index (κ2) is 4.22. The molecule has 1 aliphatic heterocycles. The number of thiocarbonyl (C=S) groups is 1. The molecule has 0 saturated carbocycles. The Labute approximate surface area is 105 Å². The molecule has 1 saturated heterocycles. The molecule has 4 nitrogen and oxygen atoms in total. The number of amides is 1. The van der Waals surface area contributed by atoms with Gasteiger partial charge in [0.15, 0.2) is 0 Å². The highest BCUT2D eigenvalue weighted by atomic mass is 32.2. The van der Waals surface area contributed by atoms with Crippen LogP contribution in [0.5, 0.6) is 0 Å². The van der Waals surface area contributed by atoms with Gasteiger partial charge in [0.25, 0.3) is 0 Å². The van der Waals surface area contributed by atoms with Crippen molar-refractivity contribution in [1.82, 2.24) is 4.90 Å². The number of cyclic esters (lactones) is 1. The fourth-order valence-corrected chi connectivity index (χ4v) is 3.06. The van der Waals surface area contributed by atoms with Crippen molar-refractivity contribution in [1.29, 1.82) is 5.26 Å². The summed E-state index contributed by atoms with van der Waals surface area (Å²) in [6, 6.07) is 2.13. The highest BCUT2D eigenvalue weighted by Gasteiger charge is 2.43. The van der Waals surface area contributed by atoms with Crippen molar-refractivity contribution in [3.63, 3.8) is 0 Å². The van der Waals surface area contributed by atoms with E-state index in [1.165, 1.54) is 16.7 Å². The van der Waals surface area contributed by atoms with Crippen molar-refractivity contribution in [3.05, 3.63) is 0 Å². The first-order valence-electron chi connectivity index (χ1n) is 4.81. The van der Waals surface area contributed by atoms with Gasteiger partial charge in [0.05, 0.1) is 11.6 Å². The van der Waals surface area contributed by atoms with Gasteiger partial charge in [-0.25, -0.2) is 4.79 Å². The van der Waals surface area contributed by atoms with Crippen LogP contribution < -0.4 is 0 Å². The fourth-order valence-electron chi connectivity index (χ4n) is 1.22. The first kappa shape index (κ1) is 13.3. The molecule has 88 valence electrons. The largest absolute Gasteiger partial charge is 0.447 e. The molecule has 0 spiro atoms. The number of ether oxygens (including phenoxy) is 1. The average Bonchev–Trinajstić information content (AvgIpc) is 2.40. The van der Waals surface area contributed by atoms with Crippen LogP contribution >= 0.6 is 24.0 Å². The van der Waals surface area contributed by atoms with E-state index in [9.17, 15) is 4.79 Å². The zero-order valence-corrected chi connectivity index (χ0v) is 11.4. The Bertz CT molecular complexity index is 372. The normalized spacial score (nSPS) is 19.2. The Morgan fingerprint density at radius 3 is 2.62 bits per heavy atom. The average molecular weight is 258 g/mol. The number of hydrogen-bond acceptors (Lipinski definition) is 5. The van der Waals surface area contributed by atoms with Crippen LogP contribution in [0.4, 0.5) is 4.79 Å². The smallest absolute Gasteiger partial charge is 0.416 e. The van der Waals surface area contributed by atoms with Crippen LogP contribution in [0.1, 0.15) is 27.7 Å². The Hall–Kier alpha value is -0.800. The van der Waals surface area contributed by atoms with Gasteiger partial charge >= 0.3 is 6.09 Å². The molecular formula is C10H14N2O2S2. The number of nitrogens with zero attached hydrogens (tertiary/aromatic N) is 2. The molecule has 0 atom stereocenters. The molecule has 0 aromatic heterocycles. The van der Waals surface area contributed by atoms with Crippen molar-refractivity contribution >= 4 is 34.4 Å². The lowest BCUT2D eigenvalue weighted by Gasteiger charge is -2.29. The van der Waals surface area contributed by atoms with Crippen molar-refractivity contribution < 1.29 is 9.53 Å². The maximum absolute atomic E-state index is 11.5. The van der Waals surface area contributed by atoms with Crippen molar-refractivity contribution in [2.24, 2.45) is 0 Å². The van der Waals surface area contributed by atoms with Gasteiger partial charge in [0.2, 0.25) is 0 Å². The van der Waals surface area contributed by atoms with Crippen LogP contribution in [0, 0.1) is 11.3 Å². The molecule has 0 bridgehead atoms. The van der Waals surface area contributed by atoms with E-state index < -0.39 is 16.4 Å². The van der Waals surface area contributed by atoms with Crippen molar-refractivity contribution in [2.45, 2.75) is 38.0 Å². The lowest BCUT2D eigenvalue weighted by Crippen LogP contribution is -2.45. The number of hydrogen-bond donors (Lipinski definition) is 0. The molecule has 6 heteroatoms. The zero-order chi connectivity index (χ0) is 12.6. The fraction of sp³-hybridized carbons (Fsp3) is 0.700. The van der Waals surface area contributed by atoms with Crippen LogP contribution in [-0.2, 0) is 4.74 Å². The number of carbonyl (C=O) groups excluding carboxylic acids is 1. The molecule has 1 fully saturated rings. The molecular weight excluding hydrogens is 244 g/mol. The van der Waals surface area contributed by atoms with Crippen LogP contribution in [0.15, 0.2) is 0 Å². The predicted molar refractivity (Wildman–Crippen MR) is 67.1 cm³/mol. The summed E-state index contributed by atoms with van der Waals surface area (Å²) in [5.41, 5.74) is -0.438. The molecule has 1 heterocycles. The second-order valence-electron chi connectivity index (χ2n) is 4.69. The number of nitriles is 1. The minimum Gasteiger partial charge on any atom is -0.447 e. The summed E-state index contributed by atoms with van der Waals surface area (Å²) in [7, 11) is 0. The number of thioether (sulfide) groups is 1. The summed E-state index contributed by atoms with van der Waals surface area (Å²) >= 11 is 6.39. The van der Waals surface area contributed by atoms with E-state index in [2.05, 4.69) is 6.07 Å². The highest BCUT2D eigenvalue weighted by Crippen LogP contribution is 2.33. The highest BCUT2D eigenvalue weighted by molar-refractivity contribution is 8.23. The van der Waals surface area contributed by atoms with Crippen LogP contribution in [-0.4, -0.2) is 32.2 Å². The molecule has 1 amide bonds. The van der Waals surface area contributed by atoms with E-state index in [-0.39, 0.29) is 0 Å². The Kier molecular flexibility index (Phi) is 3.50. The third-order valence-corrected chi connectivity index (χ3v) is 3.52. The van der Waals surface area contributed by atoms with Gasteiger partial charge in [0.1, 0.15) is 15.7 Å². The summed E-state index contributed by atoms with van der Waals surface area (Å²) in [5.74, 6) is 0. The Morgan fingerprint density at radius 2 is 2.25 bits per heavy atom. The van der Waals surface area contributed by atoms with E-state index in [0.29, 0.717) is 10.9 Å². The van der Waals surface area contributed by atoms with E-state index in [1.54, 1.807) is 13.8 Å². The van der Waals surface area contributed by atoms with Crippen molar-refractivity contribution in [3.8, 4) is 6.07 Å². The summed E-state index contributed by atoms with van der Waals surface area (Å²) in [4.78, 5) is 13.0. The zero-order valence-electron chi connectivity index (χ0n) is 9.73. The standard InChI is InChI=1S/C10H14N2O2S2/c1-9(2)6-14-7(13)12(9)8(15)16-10(3,4)5-11/h6H2,1-4H3. The van der Waals surface area contributed by atoms with Gasteiger partial charge in [-0.2, -0.15) is 5.26 Å². The molecule has 0 aliphatic carbocycles. The van der Waals surface area contributed by atoms with E-state index in [1.807, 2.05) is 13.8 Å². The third kappa shape index (κ3) is 2.66. The summed E-state index contributed by atoms with van der Waals surface area (Å²) in [6.07, 6.45) is -0.434. The van der Waals surface area contributed by atoms with E-state index in [0.717, 1.165) is 0 Å². The topological polar surface area (TPSA) is 53.3 Å². The van der Waals surface area contributed by atoms with Gasteiger partial charge in [-0.3, -0.25) is 4.90 Å². The minimum atomic E-state index is -0.643. The SMILES string of the molecule is CC(C)(C#N)SC(=S)N1C(=O)OCC1(C)C. The lowest BCUT2D eigenvalue weighted by atomic mass is 10.1. The van der Waals surface area contributed by atoms with E-state index >= 15 is 0 Å². The van der Waals surface area contributed by atoms with Gasteiger partial charge in [-0.1, -0.05) is 24.0 Å². The quantitative estimate of drug-likeness (QED) is 0.676.